The van der Waals surface area contributed by atoms with E-state index in [0.29, 0.717) is 17.1 Å². The molecule has 0 saturated heterocycles. The molecule has 0 saturated carbocycles. The molecule has 0 unspecified atom stereocenters. The fourth-order valence-corrected chi connectivity index (χ4v) is 1.30. The molecule has 3 nitrogen and oxygen atoms in total. The van der Waals surface area contributed by atoms with Gasteiger partial charge in [-0.05, 0) is 24.5 Å². The van der Waals surface area contributed by atoms with Gasteiger partial charge in [-0.15, -0.1) is 0 Å². The van der Waals surface area contributed by atoms with Crippen LogP contribution in [0.4, 0.5) is 5.69 Å². The van der Waals surface area contributed by atoms with E-state index in [9.17, 15) is 4.79 Å². The van der Waals surface area contributed by atoms with Gasteiger partial charge in [-0.25, -0.2) is 4.98 Å². The molecule has 0 bridgehead atoms. The van der Waals surface area contributed by atoms with Crippen LogP contribution in [0.1, 0.15) is 18.2 Å². The van der Waals surface area contributed by atoms with Gasteiger partial charge >= 0.3 is 0 Å². The van der Waals surface area contributed by atoms with E-state index in [1.165, 1.54) is 18.7 Å². The Labute approximate surface area is 93.5 Å². The minimum absolute atomic E-state index is 0.0640. The minimum Gasteiger partial charge on any atom is -0.396 e. The molecule has 1 rings (SSSR count). The number of hydrogen-bond donors (Lipinski definition) is 1. The number of anilines is 1. The van der Waals surface area contributed by atoms with Crippen LogP contribution in [0.3, 0.4) is 0 Å². The summed E-state index contributed by atoms with van der Waals surface area (Å²) >= 11 is 1.18. The third kappa shape index (κ3) is 4.05. The second kappa shape index (κ2) is 5.42. The Hall–Kier alpha value is -1.47. The Kier molecular flexibility index (Phi) is 4.19. The average molecular weight is 220 g/mol. The maximum atomic E-state index is 10.6. The van der Waals surface area contributed by atoms with Gasteiger partial charge in [0.25, 0.3) is 0 Å². The van der Waals surface area contributed by atoms with E-state index in [2.05, 4.69) is 16.8 Å². The summed E-state index contributed by atoms with van der Waals surface area (Å²) in [7, 11) is 0. The monoisotopic (exact) mass is 220 g/mol. The van der Waals surface area contributed by atoms with Crippen LogP contribution in [0.25, 0.3) is 0 Å². The molecule has 78 valence electrons. The number of carbonyl (C=O) groups is 1. The molecule has 0 amide bonds. The van der Waals surface area contributed by atoms with E-state index in [1.807, 2.05) is 13.0 Å². The molecule has 15 heavy (non-hydrogen) atoms. The van der Waals surface area contributed by atoms with Gasteiger partial charge in [0, 0.05) is 13.1 Å². The van der Waals surface area contributed by atoms with Gasteiger partial charge < -0.3 is 5.73 Å². The molecule has 0 fully saturated rings. The SMILES string of the molecule is CC(=O)SCC#Cc1ncc(C)cc1N. The summed E-state index contributed by atoms with van der Waals surface area (Å²) in [6, 6.07) is 1.83. The van der Waals surface area contributed by atoms with Crippen molar-refractivity contribution in [2.75, 3.05) is 11.5 Å². The highest BCUT2D eigenvalue weighted by Gasteiger charge is 1.96. The van der Waals surface area contributed by atoms with Crippen molar-refractivity contribution in [3.8, 4) is 11.8 Å². The van der Waals surface area contributed by atoms with E-state index in [-0.39, 0.29) is 5.12 Å². The highest BCUT2D eigenvalue weighted by atomic mass is 32.2. The summed E-state index contributed by atoms with van der Waals surface area (Å²) in [6.07, 6.45) is 1.72. The number of nitrogens with two attached hydrogens (primary N) is 1. The maximum absolute atomic E-state index is 10.6. The normalized spacial score (nSPS) is 9.20. The molecular weight excluding hydrogens is 208 g/mol. The van der Waals surface area contributed by atoms with Gasteiger partial charge in [0.1, 0.15) is 5.69 Å². The largest absolute Gasteiger partial charge is 0.396 e. The van der Waals surface area contributed by atoms with Gasteiger partial charge in [0.2, 0.25) is 0 Å². The van der Waals surface area contributed by atoms with Gasteiger partial charge in [0.15, 0.2) is 5.12 Å². The second-order valence-corrected chi connectivity index (χ2v) is 4.18. The lowest BCUT2D eigenvalue weighted by Gasteiger charge is -1.97. The number of pyridine rings is 1. The number of nitrogens with zero attached hydrogens (tertiary/aromatic N) is 1. The fourth-order valence-electron chi connectivity index (χ4n) is 0.954. The number of aromatic nitrogens is 1. The second-order valence-electron chi connectivity index (χ2n) is 3.03. The van der Waals surface area contributed by atoms with Crippen LogP contribution in [-0.4, -0.2) is 15.9 Å². The molecule has 0 aliphatic heterocycles. The Morgan fingerprint density at radius 1 is 1.67 bits per heavy atom. The molecule has 1 aromatic rings. The molecule has 0 radical (unpaired) electrons. The first-order valence-electron chi connectivity index (χ1n) is 4.44. The van der Waals surface area contributed by atoms with Crippen molar-refractivity contribution >= 4 is 22.6 Å². The number of thioether (sulfide) groups is 1. The fraction of sp³-hybridized carbons (Fsp3) is 0.273. The first kappa shape index (κ1) is 11.6. The number of hydrogen-bond acceptors (Lipinski definition) is 4. The van der Waals surface area contributed by atoms with Gasteiger partial charge in [-0.3, -0.25) is 4.79 Å². The zero-order chi connectivity index (χ0) is 11.3. The third-order valence-electron chi connectivity index (χ3n) is 1.61. The van der Waals surface area contributed by atoms with E-state index in [4.69, 9.17) is 5.73 Å². The molecule has 0 aromatic carbocycles. The minimum atomic E-state index is 0.0640. The van der Waals surface area contributed by atoms with Crippen LogP contribution >= 0.6 is 11.8 Å². The summed E-state index contributed by atoms with van der Waals surface area (Å²) in [4.78, 5) is 14.7. The highest BCUT2D eigenvalue weighted by molar-refractivity contribution is 8.13. The molecule has 1 heterocycles. The Bertz CT molecular complexity index is 432. The zero-order valence-corrected chi connectivity index (χ0v) is 9.52. The topological polar surface area (TPSA) is 56.0 Å². The van der Waals surface area contributed by atoms with Crippen molar-refractivity contribution in [3.05, 3.63) is 23.5 Å². The van der Waals surface area contributed by atoms with Crippen LogP contribution < -0.4 is 5.73 Å². The summed E-state index contributed by atoms with van der Waals surface area (Å²) in [5.74, 6) is 6.16. The first-order valence-corrected chi connectivity index (χ1v) is 5.42. The first-order chi connectivity index (χ1) is 7.09. The van der Waals surface area contributed by atoms with Crippen molar-refractivity contribution in [1.82, 2.24) is 4.98 Å². The summed E-state index contributed by atoms with van der Waals surface area (Å²) < 4.78 is 0. The maximum Gasteiger partial charge on any atom is 0.186 e. The Morgan fingerprint density at radius 2 is 2.40 bits per heavy atom. The quantitative estimate of drug-likeness (QED) is 0.730. The summed E-state index contributed by atoms with van der Waals surface area (Å²) in [5.41, 5.74) is 7.89. The van der Waals surface area contributed by atoms with Crippen molar-refractivity contribution in [2.24, 2.45) is 0 Å². The molecule has 0 aliphatic rings. The predicted octanol–water partition coefficient (Wildman–Crippen LogP) is 1.60. The highest BCUT2D eigenvalue weighted by Crippen LogP contribution is 2.08. The van der Waals surface area contributed by atoms with Crippen LogP contribution in [0.5, 0.6) is 0 Å². The third-order valence-corrected chi connectivity index (χ3v) is 2.30. The molecular formula is C11H12N2OS. The van der Waals surface area contributed by atoms with Crippen LogP contribution in [0, 0.1) is 18.8 Å². The van der Waals surface area contributed by atoms with E-state index in [1.54, 1.807) is 6.20 Å². The Morgan fingerprint density at radius 3 is 3.00 bits per heavy atom. The van der Waals surface area contributed by atoms with E-state index >= 15 is 0 Å². The lowest BCUT2D eigenvalue weighted by molar-refractivity contribution is -0.109. The van der Waals surface area contributed by atoms with Crippen molar-refractivity contribution in [2.45, 2.75) is 13.8 Å². The molecule has 0 atom stereocenters. The lowest BCUT2D eigenvalue weighted by atomic mass is 10.2. The summed E-state index contributed by atoms with van der Waals surface area (Å²) in [6.45, 7) is 3.44. The van der Waals surface area contributed by atoms with Gasteiger partial charge in [-0.1, -0.05) is 17.7 Å². The number of carbonyl (C=O) groups excluding carboxylic acids is 1. The smallest absolute Gasteiger partial charge is 0.186 e. The van der Waals surface area contributed by atoms with Crippen LogP contribution in [0.15, 0.2) is 12.3 Å². The molecule has 1 aromatic heterocycles. The van der Waals surface area contributed by atoms with Gasteiger partial charge in [-0.2, -0.15) is 0 Å². The molecule has 0 spiro atoms. The molecule has 0 aliphatic carbocycles. The molecule has 2 N–H and O–H groups in total. The predicted molar refractivity (Wildman–Crippen MR) is 63.4 cm³/mol. The molecule has 4 heteroatoms. The van der Waals surface area contributed by atoms with Crippen molar-refractivity contribution in [3.63, 3.8) is 0 Å². The van der Waals surface area contributed by atoms with Crippen LogP contribution in [-0.2, 0) is 4.79 Å². The van der Waals surface area contributed by atoms with Gasteiger partial charge in [0.05, 0.1) is 11.4 Å². The number of nitrogen functional groups attached to an aromatic ring is 1. The Balaban J connectivity index is 2.67. The number of aryl methyl sites for hydroxylation is 1. The standard InChI is InChI=1S/C11H12N2OS/c1-8-6-10(12)11(13-7-8)4-3-5-15-9(2)14/h6-7H,5,12H2,1-2H3. The summed E-state index contributed by atoms with van der Waals surface area (Å²) in [5, 5.41) is 0.0640. The van der Waals surface area contributed by atoms with E-state index < -0.39 is 0 Å². The number of rotatable bonds is 1. The zero-order valence-electron chi connectivity index (χ0n) is 8.70. The van der Waals surface area contributed by atoms with Crippen molar-refractivity contribution < 1.29 is 4.79 Å². The van der Waals surface area contributed by atoms with Crippen LogP contribution in [0.2, 0.25) is 0 Å². The average Bonchev–Trinajstić information content (AvgIpc) is 2.14. The van der Waals surface area contributed by atoms with Crippen molar-refractivity contribution in [1.29, 1.82) is 0 Å². The lowest BCUT2D eigenvalue weighted by Crippen LogP contribution is -1.94. The van der Waals surface area contributed by atoms with E-state index in [0.717, 1.165) is 5.56 Å².